The van der Waals surface area contributed by atoms with E-state index in [4.69, 9.17) is 18.9 Å². The van der Waals surface area contributed by atoms with Crippen LogP contribution in [0.4, 0.5) is 0 Å². The molecule has 1 heterocycles. The zero-order chi connectivity index (χ0) is 13.2. The van der Waals surface area contributed by atoms with Crippen molar-refractivity contribution < 1.29 is 18.9 Å². The van der Waals surface area contributed by atoms with Crippen LogP contribution in [0.1, 0.15) is 13.8 Å². The average Bonchev–Trinajstić information content (AvgIpc) is 2.67. The van der Waals surface area contributed by atoms with E-state index >= 15 is 0 Å². The molecule has 0 N–H and O–H groups in total. The Morgan fingerprint density at radius 2 is 2.17 bits per heavy atom. The van der Waals surface area contributed by atoms with Crippen molar-refractivity contribution in [1.82, 2.24) is 0 Å². The van der Waals surface area contributed by atoms with Gasteiger partial charge in [0.25, 0.3) is 0 Å². The molecule has 0 amide bonds. The Bertz CT molecular complexity index is 419. The van der Waals surface area contributed by atoms with Crippen LogP contribution in [-0.2, 0) is 9.47 Å². The fraction of sp³-hybridized carbons (Fsp3) is 0.538. The molecule has 0 aliphatic carbocycles. The topological polar surface area (TPSA) is 36.9 Å². The molecule has 5 heteroatoms. The van der Waals surface area contributed by atoms with Gasteiger partial charge < -0.3 is 18.9 Å². The van der Waals surface area contributed by atoms with Gasteiger partial charge in [-0.2, -0.15) is 0 Å². The number of benzene rings is 1. The van der Waals surface area contributed by atoms with E-state index in [9.17, 15) is 0 Å². The lowest BCUT2D eigenvalue weighted by Crippen LogP contribution is -2.25. The first-order valence-electron chi connectivity index (χ1n) is 5.78. The van der Waals surface area contributed by atoms with Crippen molar-refractivity contribution >= 4 is 22.6 Å². The molecule has 1 unspecified atom stereocenters. The summed E-state index contributed by atoms with van der Waals surface area (Å²) >= 11 is 2.24. The highest BCUT2D eigenvalue weighted by atomic mass is 127. The quantitative estimate of drug-likeness (QED) is 0.770. The van der Waals surface area contributed by atoms with Gasteiger partial charge in [0, 0.05) is 3.57 Å². The van der Waals surface area contributed by atoms with Crippen LogP contribution in [0, 0.1) is 3.57 Å². The minimum Gasteiger partial charge on any atom is -0.493 e. The number of rotatable bonds is 4. The van der Waals surface area contributed by atoms with Gasteiger partial charge in [-0.15, -0.1) is 0 Å². The van der Waals surface area contributed by atoms with Crippen molar-refractivity contribution in [2.45, 2.75) is 25.7 Å². The van der Waals surface area contributed by atoms with E-state index in [-0.39, 0.29) is 6.10 Å². The van der Waals surface area contributed by atoms with E-state index in [0.29, 0.717) is 13.2 Å². The van der Waals surface area contributed by atoms with Gasteiger partial charge in [0.2, 0.25) is 0 Å². The zero-order valence-corrected chi connectivity index (χ0v) is 12.9. The van der Waals surface area contributed by atoms with Crippen LogP contribution in [-0.4, -0.2) is 32.2 Å². The van der Waals surface area contributed by atoms with Crippen molar-refractivity contribution in [2.24, 2.45) is 0 Å². The Morgan fingerprint density at radius 1 is 1.39 bits per heavy atom. The van der Waals surface area contributed by atoms with Crippen LogP contribution in [0.5, 0.6) is 11.5 Å². The van der Waals surface area contributed by atoms with Gasteiger partial charge >= 0.3 is 0 Å². The number of methoxy groups -OCH3 is 1. The predicted octanol–water partition coefficient (Wildman–Crippen LogP) is 2.83. The minimum absolute atomic E-state index is 0.0380. The second kappa shape index (κ2) is 5.63. The third kappa shape index (κ3) is 3.49. The van der Waals surface area contributed by atoms with Gasteiger partial charge in [-0.1, -0.05) is 0 Å². The summed E-state index contributed by atoms with van der Waals surface area (Å²) in [5, 5.41) is 0. The minimum atomic E-state index is -0.510. The van der Waals surface area contributed by atoms with Gasteiger partial charge in [-0.3, -0.25) is 0 Å². The standard InChI is InChI=1S/C13H17IO4/c1-13(2)17-8-10(18-13)7-16-11-5-4-9(14)6-12(11)15-3/h4-6,10H,7-8H2,1-3H3. The molecule has 0 radical (unpaired) electrons. The molecule has 18 heavy (non-hydrogen) atoms. The third-order valence-corrected chi connectivity index (χ3v) is 3.29. The molecule has 100 valence electrons. The molecule has 1 saturated heterocycles. The van der Waals surface area contributed by atoms with Crippen molar-refractivity contribution in [3.8, 4) is 11.5 Å². The monoisotopic (exact) mass is 364 g/mol. The molecule has 1 atom stereocenters. The van der Waals surface area contributed by atoms with Crippen molar-refractivity contribution in [3.05, 3.63) is 21.8 Å². The first-order valence-corrected chi connectivity index (χ1v) is 6.86. The smallest absolute Gasteiger partial charge is 0.163 e. The van der Waals surface area contributed by atoms with Gasteiger partial charge in [-0.25, -0.2) is 0 Å². The third-order valence-electron chi connectivity index (χ3n) is 2.62. The van der Waals surface area contributed by atoms with E-state index < -0.39 is 5.79 Å². The largest absolute Gasteiger partial charge is 0.493 e. The number of hydrogen-bond acceptors (Lipinski definition) is 4. The van der Waals surface area contributed by atoms with Gasteiger partial charge in [0.15, 0.2) is 17.3 Å². The van der Waals surface area contributed by atoms with E-state index in [1.54, 1.807) is 7.11 Å². The average molecular weight is 364 g/mol. The Labute approximate surface area is 121 Å². The maximum atomic E-state index is 5.73. The van der Waals surface area contributed by atoms with Crippen LogP contribution >= 0.6 is 22.6 Å². The molecule has 1 aliphatic heterocycles. The Balaban J connectivity index is 1.94. The lowest BCUT2D eigenvalue weighted by Gasteiger charge is -2.17. The summed E-state index contributed by atoms with van der Waals surface area (Å²) in [6.45, 7) is 4.82. The second-order valence-electron chi connectivity index (χ2n) is 4.56. The maximum Gasteiger partial charge on any atom is 0.163 e. The summed E-state index contributed by atoms with van der Waals surface area (Å²) in [6, 6.07) is 5.82. The van der Waals surface area contributed by atoms with E-state index in [0.717, 1.165) is 15.1 Å². The first kappa shape index (κ1) is 13.9. The molecule has 1 aromatic rings. The molecular formula is C13H17IO4. The Morgan fingerprint density at radius 3 is 2.78 bits per heavy atom. The summed E-state index contributed by atoms with van der Waals surface area (Å²) in [5.74, 6) is 0.954. The molecule has 0 saturated carbocycles. The van der Waals surface area contributed by atoms with Crippen molar-refractivity contribution in [2.75, 3.05) is 20.3 Å². The highest BCUT2D eigenvalue weighted by Gasteiger charge is 2.33. The van der Waals surface area contributed by atoms with E-state index in [1.165, 1.54) is 0 Å². The molecule has 0 aromatic heterocycles. The Hall–Kier alpha value is -0.530. The fourth-order valence-corrected chi connectivity index (χ4v) is 2.25. The van der Waals surface area contributed by atoms with Gasteiger partial charge in [0.1, 0.15) is 12.7 Å². The summed E-state index contributed by atoms with van der Waals surface area (Å²) in [6.07, 6.45) is -0.0380. The van der Waals surface area contributed by atoms with Crippen LogP contribution in [0.15, 0.2) is 18.2 Å². The molecule has 4 nitrogen and oxygen atoms in total. The van der Waals surface area contributed by atoms with E-state index in [1.807, 2.05) is 32.0 Å². The zero-order valence-electron chi connectivity index (χ0n) is 10.7. The number of ether oxygens (including phenoxy) is 4. The SMILES string of the molecule is COc1cc(I)ccc1OCC1COC(C)(C)O1. The molecule has 1 aromatic carbocycles. The summed E-state index contributed by atoms with van der Waals surface area (Å²) in [7, 11) is 1.64. The van der Waals surface area contributed by atoms with Crippen LogP contribution in [0.3, 0.4) is 0 Å². The highest BCUT2D eigenvalue weighted by Crippen LogP contribution is 2.30. The molecule has 0 spiro atoms. The molecule has 2 rings (SSSR count). The van der Waals surface area contributed by atoms with Crippen LogP contribution in [0.25, 0.3) is 0 Å². The summed E-state index contributed by atoms with van der Waals surface area (Å²) < 4.78 is 23.3. The van der Waals surface area contributed by atoms with E-state index in [2.05, 4.69) is 22.6 Å². The van der Waals surface area contributed by atoms with Crippen molar-refractivity contribution in [1.29, 1.82) is 0 Å². The maximum absolute atomic E-state index is 5.73. The fourth-order valence-electron chi connectivity index (χ4n) is 1.79. The molecular weight excluding hydrogens is 347 g/mol. The van der Waals surface area contributed by atoms with Crippen LogP contribution in [0.2, 0.25) is 0 Å². The molecule has 0 bridgehead atoms. The lowest BCUT2D eigenvalue weighted by molar-refractivity contribution is -0.141. The normalized spacial score (nSPS) is 21.9. The van der Waals surface area contributed by atoms with Gasteiger partial charge in [-0.05, 0) is 54.6 Å². The summed E-state index contributed by atoms with van der Waals surface area (Å²) in [4.78, 5) is 0. The van der Waals surface area contributed by atoms with Crippen LogP contribution < -0.4 is 9.47 Å². The summed E-state index contributed by atoms with van der Waals surface area (Å²) in [5.41, 5.74) is 0. The number of hydrogen-bond donors (Lipinski definition) is 0. The second-order valence-corrected chi connectivity index (χ2v) is 5.80. The number of halogens is 1. The Kier molecular flexibility index (Phi) is 4.34. The molecule has 1 fully saturated rings. The molecule has 1 aliphatic rings. The first-order chi connectivity index (χ1) is 8.50. The van der Waals surface area contributed by atoms with Gasteiger partial charge in [0.05, 0.1) is 13.7 Å². The lowest BCUT2D eigenvalue weighted by atomic mass is 10.3. The highest BCUT2D eigenvalue weighted by molar-refractivity contribution is 14.1. The predicted molar refractivity (Wildman–Crippen MR) is 76.1 cm³/mol. The van der Waals surface area contributed by atoms with Crippen molar-refractivity contribution in [3.63, 3.8) is 0 Å².